The molecule has 4 heterocycles. The van der Waals surface area contributed by atoms with E-state index in [2.05, 4.69) is 0 Å². The van der Waals surface area contributed by atoms with Gasteiger partial charge in [0.2, 0.25) is 0 Å². The number of alkyl halides is 12. The fourth-order valence-electron chi connectivity index (χ4n) is 14.9. The quantitative estimate of drug-likeness (QED) is 0.0244. The number of rotatable bonds is 15. The summed E-state index contributed by atoms with van der Waals surface area (Å²) in [7, 11) is -3.21. The minimum Gasteiger partial charge on any atom is -0.462 e. The molecule has 3 aromatic heterocycles. The molecule has 10 aromatic rings. The number of halogens is 14. The normalized spacial score (nSPS) is 15.7. The van der Waals surface area contributed by atoms with Gasteiger partial charge < -0.3 is 23.1 Å². The Morgan fingerprint density at radius 2 is 1.08 bits per heavy atom. The van der Waals surface area contributed by atoms with Crippen LogP contribution in [0.1, 0.15) is 163 Å². The zero-order chi connectivity index (χ0) is 74.4. The minimum absolute atomic E-state index is 0.0190. The highest BCUT2D eigenvalue weighted by atomic mass is 19.4. The number of fused-ring (bicyclic) bond motifs is 2. The van der Waals surface area contributed by atoms with Gasteiger partial charge >= 0.3 is 50.0 Å². The van der Waals surface area contributed by atoms with Gasteiger partial charge in [0, 0.05) is 54.8 Å². The van der Waals surface area contributed by atoms with E-state index in [0.29, 0.717) is 71.2 Å². The van der Waals surface area contributed by atoms with Crippen LogP contribution in [0.4, 0.5) is 61.3 Å². The number of aliphatic imine (C=N–C) groups is 1. The van der Waals surface area contributed by atoms with Crippen molar-refractivity contribution >= 4 is 80.1 Å². The lowest BCUT2D eigenvalue weighted by Gasteiger charge is -2.32. The SMILES string of the molecule is CCOC(=O)C1=C/C(=C(\c2c(C3CCCCC3)cc(OC(=O)Cc3ccc(-n4c(=O)c5cc(-c6cc(C(F)(F)F)cc(C(F)(F)F)c6)c6oc7ccccc7c7c(-c8cc(C(F)(F)F)cc(C(F)(F)F)c8)cc(c4=O)c5c67)cc3)cc2C2CCCCC2)c2cc(C(=O)OCC)c(C)n2B(F)F)N=C1C. The molecular formula is C77H60BF14N3O9. The molecule has 0 unspecified atom stereocenters. The fraction of sp³-hybridized carbons (Fsp3) is 0.299. The molecule has 27 heteroatoms. The summed E-state index contributed by atoms with van der Waals surface area (Å²) in [4.78, 5) is 77.2. The summed E-state index contributed by atoms with van der Waals surface area (Å²) in [6.45, 7) is 6.12. The highest BCUT2D eigenvalue weighted by Gasteiger charge is 2.42. The van der Waals surface area contributed by atoms with E-state index in [1.807, 2.05) is 0 Å². The van der Waals surface area contributed by atoms with Crippen LogP contribution in [0, 0.1) is 6.92 Å². The average molecular weight is 1450 g/mol. The van der Waals surface area contributed by atoms with Crippen LogP contribution in [-0.4, -0.2) is 53.3 Å². The molecule has 0 amide bonds. The van der Waals surface area contributed by atoms with E-state index in [0.717, 1.165) is 55.1 Å². The van der Waals surface area contributed by atoms with E-state index in [-0.39, 0.29) is 115 Å². The number of allylic oxidation sites excluding steroid dienone is 1. The monoisotopic (exact) mass is 1450 g/mol. The molecule has 13 rings (SSSR count). The molecule has 0 N–H and O–H groups in total. The number of carbonyl (C=O) groups is 3. The summed E-state index contributed by atoms with van der Waals surface area (Å²) in [6.07, 6.45) is -13.3. The van der Waals surface area contributed by atoms with Crippen molar-refractivity contribution < 1.29 is 94.3 Å². The molecule has 538 valence electrons. The number of aromatic nitrogens is 2. The second kappa shape index (κ2) is 27.4. The fourth-order valence-corrected chi connectivity index (χ4v) is 14.9. The van der Waals surface area contributed by atoms with Crippen molar-refractivity contribution in [3.63, 3.8) is 0 Å². The summed E-state index contributed by atoms with van der Waals surface area (Å²) in [6, 6.07) is 18.1. The molecule has 2 aliphatic carbocycles. The highest BCUT2D eigenvalue weighted by Crippen LogP contribution is 2.52. The molecule has 104 heavy (non-hydrogen) atoms. The Hall–Kier alpha value is -10.3. The lowest BCUT2D eigenvalue weighted by Crippen LogP contribution is -2.32. The molecule has 0 radical (unpaired) electrons. The van der Waals surface area contributed by atoms with Crippen LogP contribution in [0.25, 0.3) is 77.0 Å². The third kappa shape index (κ3) is 13.5. The number of para-hydroxylation sites is 1. The van der Waals surface area contributed by atoms with E-state index in [1.54, 1.807) is 32.9 Å². The van der Waals surface area contributed by atoms with E-state index >= 15 is 18.2 Å². The second-order valence-corrected chi connectivity index (χ2v) is 26.1. The predicted molar refractivity (Wildman–Crippen MR) is 362 cm³/mol. The van der Waals surface area contributed by atoms with Gasteiger partial charge in [-0.3, -0.25) is 28.0 Å². The van der Waals surface area contributed by atoms with Crippen molar-refractivity contribution in [1.29, 1.82) is 0 Å². The second-order valence-electron chi connectivity index (χ2n) is 26.1. The first kappa shape index (κ1) is 72.0. The summed E-state index contributed by atoms with van der Waals surface area (Å²) in [5.74, 6) is -2.82. The Labute approximate surface area is 582 Å². The van der Waals surface area contributed by atoms with Gasteiger partial charge in [-0.05, 0) is 195 Å². The number of hydrogen-bond donors (Lipinski definition) is 0. The molecule has 2 saturated carbocycles. The summed E-state index contributed by atoms with van der Waals surface area (Å²) in [5.41, 5.74) is -11.3. The summed E-state index contributed by atoms with van der Waals surface area (Å²) >= 11 is 0. The molecule has 1 aliphatic heterocycles. The number of ether oxygens (including phenoxy) is 3. The maximum absolute atomic E-state index is 15.9. The van der Waals surface area contributed by atoms with Crippen LogP contribution in [0.3, 0.4) is 0 Å². The van der Waals surface area contributed by atoms with E-state index in [9.17, 15) is 67.1 Å². The van der Waals surface area contributed by atoms with E-state index in [1.165, 1.54) is 67.6 Å². The van der Waals surface area contributed by atoms with Gasteiger partial charge in [-0.25, -0.2) is 14.2 Å². The summed E-state index contributed by atoms with van der Waals surface area (Å²) in [5, 5.41) is -2.30. The Morgan fingerprint density at radius 3 is 1.59 bits per heavy atom. The summed E-state index contributed by atoms with van der Waals surface area (Å²) < 4.78 is 233. The molecule has 2 fully saturated rings. The molecule has 0 atom stereocenters. The molecule has 0 spiro atoms. The Balaban J connectivity index is 0.969. The predicted octanol–water partition coefficient (Wildman–Crippen LogP) is 20.3. The Kier molecular flexibility index (Phi) is 19.0. The molecular weight excluding hydrogens is 1390 g/mol. The molecule has 12 nitrogen and oxygen atoms in total. The van der Waals surface area contributed by atoms with Crippen LogP contribution in [-0.2, 0) is 50.2 Å². The highest BCUT2D eigenvalue weighted by molar-refractivity contribution is 6.42. The molecule has 7 aromatic carbocycles. The molecule has 3 aliphatic rings. The van der Waals surface area contributed by atoms with Gasteiger partial charge in [-0.1, -0.05) is 68.9 Å². The van der Waals surface area contributed by atoms with Crippen molar-refractivity contribution in [1.82, 2.24) is 9.05 Å². The van der Waals surface area contributed by atoms with Gasteiger partial charge in [0.15, 0.2) is 0 Å². The standard InChI is InChI=1S/C77H60BF14N3O9/c1-5-101-72(99)52-36-60(93-38(52)3)67(61-37-53(73(100)102-6-2)39(4)95(61)78(91)92)65-54(41-15-9-7-10-16-41)32-50(33-55(65)42-17-11-8-12-18-42)103-63(96)25-40-21-23-49(24-22-40)94-70(97)58-34-56(43-26-45(74(79,80)81)30-46(27-43)75(82,83)84)64-51-19-13-14-20-62(51)104-69-57(35-59(71(94)98)66(58)68(64)69)44-28-47(76(85,86)87)31-48(29-44)77(88,89)90/h13-14,19-24,26-37,41-42H,5-12,15-18,25H2,1-4H3/b67-60+. The van der Waals surface area contributed by atoms with Gasteiger partial charge in [-0.2, -0.15) is 52.7 Å². The van der Waals surface area contributed by atoms with E-state index < -0.39 is 134 Å². The van der Waals surface area contributed by atoms with Crippen LogP contribution < -0.4 is 15.9 Å². The topological polar surface area (TPSA) is 148 Å². The third-order valence-electron chi connectivity index (χ3n) is 19.6. The van der Waals surface area contributed by atoms with Crippen molar-refractivity contribution in [2.75, 3.05) is 13.2 Å². The number of benzene rings is 7. The van der Waals surface area contributed by atoms with Crippen molar-refractivity contribution in [2.45, 2.75) is 135 Å². The first-order chi connectivity index (χ1) is 49.2. The van der Waals surface area contributed by atoms with Gasteiger partial charge in [0.25, 0.3) is 11.1 Å². The zero-order valence-electron chi connectivity index (χ0n) is 55.8. The Bertz CT molecular complexity index is 5240. The third-order valence-corrected chi connectivity index (χ3v) is 19.6. The largest absolute Gasteiger partial charge is 0.677 e. The zero-order valence-corrected chi connectivity index (χ0v) is 55.8. The van der Waals surface area contributed by atoms with Crippen molar-refractivity contribution in [3.8, 4) is 33.7 Å². The number of hydrogen-bond acceptors (Lipinski definition) is 10. The average Bonchev–Trinajstić information content (AvgIpc) is 0.897. The Morgan fingerprint density at radius 1 is 0.577 bits per heavy atom. The smallest absolute Gasteiger partial charge is 0.462 e. The minimum atomic E-state index is -5.43. The van der Waals surface area contributed by atoms with Crippen LogP contribution >= 0.6 is 0 Å². The number of carbonyl (C=O) groups excluding carboxylic acids is 3. The van der Waals surface area contributed by atoms with Crippen LogP contribution in [0.5, 0.6) is 5.75 Å². The molecule has 0 bridgehead atoms. The number of pyridine rings is 1. The number of nitrogens with zero attached hydrogens (tertiary/aromatic N) is 3. The first-order valence-corrected chi connectivity index (χ1v) is 33.5. The molecule has 0 saturated heterocycles. The van der Waals surface area contributed by atoms with Crippen molar-refractivity contribution in [2.24, 2.45) is 4.99 Å². The van der Waals surface area contributed by atoms with E-state index in [4.69, 9.17) is 23.6 Å². The van der Waals surface area contributed by atoms with Gasteiger partial charge in [-0.15, -0.1) is 0 Å². The van der Waals surface area contributed by atoms with Crippen LogP contribution in [0.2, 0.25) is 0 Å². The number of esters is 3. The van der Waals surface area contributed by atoms with Gasteiger partial charge in [0.05, 0.1) is 70.1 Å². The lowest BCUT2D eigenvalue weighted by atomic mass is 9.74. The van der Waals surface area contributed by atoms with Crippen LogP contribution in [0.15, 0.2) is 152 Å². The maximum Gasteiger partial charge on any atom is 0.677 e. The van der Waals surface area contributed by atoms with Gasteiger partial charge in [0.1, 0.15) is 16.9 Å². The lowest BCUT2D eigenvalue weighted by molar-refractivity contribution is -0.144. The maximum atomic E-state index is 15.9. The first-order valence-electron chi connectivity index (χ1n) is 33.5. The van der Waals surface area contributed by atoms with Crippen molar-refractivity contribution in [3.05, 3.63) is 215 Å².